The fourth-order valence-corrected chi connectivity index (χ4v) is 2.85. The van der Waals surface area contributed by atoms with Crippen LogP contribution in [0.2, 0.25) is 0 Å². The van der Waals surface area contributed by atoms with Crippen molar-refractivity contribution in [3.05, 3.63) is 15.0 Å². The first-order chi connectivity index (χ1) is 8.30. The summed E-state index contributed by atoms with van der Waals surface area (Å²) in [4.78, 5) is 10.6. The van der Waals surface area contributed by atoms with Crippen molar-refractivity contribution in [2.24, 2.45) is 0 Å². The van der Waals surface area contributed by atoms with Crippen LogP contribution in [0.15, 0.2) is 15.0 Å². The molecule has 7 heteroatoms. The van der Waals surface area contributed by atoms with Crippen LogP contribution in [0.4, 0.5) is 0 Å². The summed E-state index contributed by atoms with van der Waals surface area (Å²) in [5.74, 6) is -0.656. The van der Waals surface area contributed by atoms with Crippen LogP contribution in [-0.4, -0.2) is 23.5 Å². The first kappa shape index (κ1) is 13.5. The summed E-state index contributed by atoms with van der Waals surface area (Å²) in [7, 11) is 0. The van der Waals surface area contributed by atoms with Gasteiger partial charge in [-0.2, -0.15) is 0 Å². The van der Waals surface area contributed by atoms with Crippen molar-refractivity contribution in [2.45, 2.75) is 19.6 Å². The van der Waals surface area contributed by atoms with Gasteiger partial charge in [0.2, 0.25) is 11.5 Å². The van der Waals surface area contributed by atoms with Crippen LogP contribution in [-0.2, 0) is 4.79 Å². The van der Waals surface area contributed by atoms with E-state index in [0.717, 1.165) is 0 Å². The van der Waals surface area contributed by atoms with Gasteiger partial charge in [0.05, 0.1) is 8.95 Å². The molecule has 1 heterocycles. The molecule has 0 saturated heterocycles. The molecule has 0 spiro atoms. The van der Waals surface area contributed by atoms with Crippen molar-refractivity contribution in [1.82, 2.24) is 0 Å². The quantitative estimate of drug-likeness (QED) is 0.870. The summed E-state index contributed by atoms with van der Waals surface area (Å²) < 4.78 is 17.7. The molecule has 0 atom stereocenters. The second-order valence-corrected chi connectivity index (χ2v) is 5.82. The minimum Gasteiger partial charge on any atom is -0.479 e. The molecule has 2 rings (SSSR count). The zero-order valence-corrected chi connectivity index (χ0v) is 12.8. The van der Waals surface area contributed by atoms with E-state index in [2.05, 4.69) is 31.9 Å². The van der Waals surface area contributed by atoms with Gasteiger partial charge in [0.1, 0.15) is 0 Å². The molecule has 1 N–H and O–H groups in total. The normalized spacial score (nSPS) is 15.6. The molecule has 1 aromatic rings. The lowest BCUT2D eigenvalue weighted by atomic mass is 10.3. The van der Waals surface area contributed by atoms with E-state index in [-0.39, 0.29) is 0 Å². The largest absolute Gasteiger partial charge is 0.479 e. The van der Waals surface area contributed by atoms with Crippen molar-refractivity contribution in [1.29, 1.82) is 0 Å². The highest BCUT2D eigenvalue weighted by atomic mass is 79.9. The summed E-state index contributed by atoms with van der Waals surface area (Å²) in [6.45, 7) is 3.07. The molecular weight excluding hydrogens is 372 g/mol. The second kappa shape index (κ2) is 4.62. The fraction of sp³-hybridized carbons (Fsp3) is 0.364. The first-order valence-corrected chi connectivity index (χ1v) is 6.63. The Morgan fingerprint density at radius 1 is 1.33 bits per heavy atom. The molecule has 5 nitrogen and oxygen atoms in total. The molecule has 0 amide bonds. The fourth-order valence-electron chi connectivity index (χ4n) is 1.53. The van der Waals surface area contributed by atoms with E-state index in [4.69, 9.17) is 19.3 Å². The van der Waals surface area contributed by atoms with Crippen LogP contribution in [0.5, 0.6) is 17.2 Å². The van der Waals surface area contributed by atoms with E-state index < -0.39 is 18.4 Å². The van der Waals surface area contributed by atoms with Crippen molar-refractivity contribution in [2.75, 3.05) is 6.61 Å². The minimum absolute atomic E-state index is 0.321. The Labute approximate surface area is 120 Å². The van der Waals surface area contributed by atoms with Gasteiger partial charge in [0.25, 0.3) is 0 Å². The van der Waals surface area contributed by atoms with Crippen LogP contribution < -0.4 is 14.2 Å². The van der Waals surface area contributed by atoms with E-state index in [9.17, 15) is 4.79 Å². The van der Waals surface area contributed by atoms with Gasteiger partial charge >= 0.3 is 5.97 Å². The molecule has 0 unspecified atom stereocenters. The summed E-state index contributed by atoms with van der Waals surface area (Å²) in [5, 5.41) is 8.65. The number of hydrogen-bond acceptors (Lipinski definition) is 4. The standard InChI is InChI=1S/C11H10Br2O5/c1-11(2)17-9-6(13)3-5(12)8(10(9)18-11)16-4-7(14)15/h3H,4H2,1-2H3,(H,14,15). The van der Waals surface area contributed by atoms with E-state index in [1.54, 1.807) is 19.9 Å². The molecule has 18 heavy (non-hydrogen) atoms. The molecule has 0 saturated carbocycles. The lowest BCUT2D eigenvalue weighted by Crippen LogP contribution is -2.29. The van der Waals surface area contributed by atoms with E-state index in [1.807, 2.05) is 0 Å². The van der Waals surface area contributed by atoms with Gasteiger partial charge in [-0.05, 0) is 37.9 Å². The van der Waals surface area contributed by atoms with Gasteiger partial charge in [0, 0.05) is 13.8 Å². The van der Waals surface area contributed by atoms with Crippen LogP contribution >= 0.6 is 31.9 Å². The topological polar surface area (TPSA) is 65.0 Å². The van der Waals surface area contributed by atoms with Gasteiger partial charge in [0.15, 0.2) is 18.1 Å². The van der Waals surface area contributed by atoms with Crippen LogP contribution in [0.3, 0.4) is 0 Å². The number of aliphatic carboxylic acids is 1. The van der Waals surface area contributed by atoms with Crippen molar-refractivity contribution >= 4 is 37.8 Å². The number of carboxylic acids is 1. The average molecular weight is 382 g/mol. The molecule has 0 aliphatic carbocycles. The summed E-state index contributed by atoms with van der Waals surface area (Å²) in [5.41, 5.74) is 0. The van der Waals surface area contributed by atoms with Crippen molar-refractivity contribution in [3.8, 4) is 17.2 Å². The predicted molar refractivity (Wildman–Crippen MR) is 70.3 cm³/mol. The van der Waals surface area contributed by atoms with Gasteiger partial charge in [-0.1, -0.05) is 0 Å². The molecular formula is C11H10Br2O5. The number of carboxylic acid groups (broad SMARTS) is 1. The second-order valence-electron chi connectivity index (χ2n) is 4.11. The molecule has 1 aliphatic heterocycles. The SMILES string of the molecule is CC1(C)Oc2c(Br)cc(Br)c(OCC(=O)O)c2O1. The summed E-state index contributed by atoms with van der Waals surface area (Å²) >= 11 is 6.66. The number of ether oxygens (including phenoxy) is 3. The highest BCUT2D eigenvalue weighted by Crippen LogP contribution is 2.53. The van der Waals surface area contributed by atoms with Crippen molar-refractivity contribution in [3.63, 3.8) is 0 Å². The third-order valence-corrected chi connectivity index (χ3v) is 3.31. The van der Waals surface area contributed by atoms with Gasteiger partial charge in [-0.25, -0.2) is 4.79 Å². The third kappa shape index (κ3) is 2.56. The Hall–Kier alpha value is -0.950. The minimum atomic E-state index is -1.06. The van der Waals surface area contributed by atoms with E-state index >= 15 is 0 Å². The maximum Gasteiger partial charge on any atom is 0.341 e. The predicted octanol–water partition coefficient (Wildman–Crippen LogP) is 3.18. The zero-order valence-electron chi connectivity index (χ0n) is 9.62. The van der Waals surface area contributed by atoms with Crippen LogP contribution in [0.25, 0.3) is 0 Å². The van der Waals surface area contributed by atoms with Gasteiger partial charge < -0.3 is 19.3 Å². The summed E-state index contributed by atoms with van der Waals surface area (Å²) in [6.07, 6.45) is 0. The average Bonchev–Trinajstić information content (AvgIpc) is 2.53. The highest BCUT2D eigenvalue weighted by Gasteiger charge is 2.37. The smallest absolute Gasteiger partial charge is 0.341 e. The van der Waals surface area contributed by atoms with E-state index in [1.165, 1.54) is 0 Å². The highest BCUT2D eigenvalue weighted by molar-refractivity contribution is 9.11. The Morgan fingerprint density at radius 3 is 2.56 bits per heavy atom. The Bertz CT molecular complexity index is 513. The van der Waals surface area contributed by atoms with Crippen LogP contribution in [0, 0.1) is 0 Å². The maximum atomic E-state index is 10.6. The van der Waals surface area contributed by atoms with Gasteiger partial charge in [-0.15, -0.1) is 0 Å². The molecule has 98 valence electrons. The third-order valence-electron chi connectivity index (χ3n) is 2.14. The number of benzene rings is 1. The number of rotatable bonds is 3. The Morgan fingerprint density at radius 2 is 1.94 bits per heavy atom. The first-order valence-electron chi connectivity index (χ1n) is 5.05. The lowest BCUT2D eigenvalue weighted by molar-refractivity contribution is -0.139. The van der Waals surface area contributed by atoms with E-state index in [0.29, 0.717) is 26.2 Å². The molecule has 0 radical (unpaired) electrons. The molecule has 0 fully saturated rings. The Balaban J connectivity index is 2.42. The molecule has 1 aliphatic rings. The number of hydrogen-bond donors (Lipinski definition) is 1. The Kier molecular flexibility index (Phi) is 3.46. The molecule has 0 aromatic heterocycles. The van der Waals surface area contributed by atoms with Gasteiger partial charge in [-0.3, -0.25) is 0 Å². The monoisotopic (exact) mass is 380 g/mol. The number of fused-ring (bicyclic) bond motifs is 1. The van der Waals surface area contributed by atoms with Crippen LogP contribution in [0.1, 0.15) is 13.8 Å². The van der Waals surface area contributed by atoms with Crippen molar-refractivity contribution < 1.29 is 24.1 Å². The lowest BCUT2D eigenvalue weighted by Gasteiger charge is -2.16. The number of halogens is 2. The molecule has 0 bridgehead atoms. The molecule has 1 aromatic carbocycles. The summed E-state index contributed by atoms with van der Waals surface area (Å²) in [6, 6.07) is 1.72. The zero-order chi connectivity index (χ0) is 13.5. The number of carbonyl (C=O) groups is 1. The maximum absolute atomic E-state index is 10.6.